The fraction of sp³-hybridized carbons (Fsp3) is 0.364. The Bertz CT molecular complexity index is 581. The van der Waals surface area contributed by atoms with Gasteiger partial charge in [0.2, 0.25) is 0 Å². The second-order valence-corrected chi connectivity index (χ2v) is 5.45. The molecule has 1 amide bonds. The lowest BCUT2D eigenvalue weighted by atomic mass is 10.2. The van der Waals surface area contributed by atoms with E-state index >= 15 is 0 Å². The maximum atomic E-state index is 12.3. The number of hydrogen-bond acceptors (Lipinski definition) is 4. The van der Waals surface area contributed by atoms with Gasteiger partial charge in [0.05, 0.1) is 21.2 Å². The van der Waals surface area contributed by atoms with Gasteiger partial charge >= 0.3 is 5.97 Å². The number of rotatable bonds is 2. The number of nitrogens with zero attached hydrogens (tertiary/aromatic N) is 2. The summed E-state index contributed by atoms with van der Waals surface area (Å²) in [5.74, 6) is -1.91. The first-order valence-corrected chi connectivity index (χ1v) is 6.67. The van der Waals surface area contributed by atoms with Gasteiger partial charge in [0.15, 0.2) is 0 Å². The molecule has 0 saturated carbocycles. The van der Waals surface area contributed by atoms with Crippen molar-refractivity contribution in [3.05, 3.63) is 27.0 Å². The third kappa shape index (κ3) is 2.69. The molecule has 0 aliphatic carbocycles. The molecular formula is C11H9Cl3N2O4. The van der Waals surface area contributed by atoms with Crippen molar-refractivity contribution in [3.8, 4) is 0 Å². The average Bonchev–Trinajstić information content (AvgIpc) is 2.78. The Labute approximate surface area is 128 Å². The molecule has 2 rings (SSSR count). The van der Waals surface area contributed by atoms with Gasteiger partial charge in [-0.1, -0.05) is 34.8 Å². The lowest BCUT2D eigenvalue weighted by molar-refractivity contribution is -0.141. The zero-order valence-electron chi connectivity index (χ0n) is 9.89. The van der Waals surface area contributed by atoms with Gasteiger partial charge in [-0.15, -0.1) is 0 Å². The van der Waals surface area contributed by atoms with E-state index in [4.69, 9.17) is 39.9 Å². The minimum absolute atomic E-state index is 0.0293. The molecule has 0 spiro atoms. The Morgan fingerprint density at radius 3 is 2.55 bits per heavy atom. The number of aliphatic carboxylic acids is 1. The summed E-state index contributed by atoms with van der Waals surface area (Å²) in [7, 11) is 0. The summed E-state index contributed by atoms with van der Waals surface area (Å²) >= 11 is 17.4. The number of carboxylic acid groups (broad SMARTS) is 1. The topological polar surface area (TPSA) is 90.7 Å². The summed E-state index contributed by atoms with van der Waals surface area (Å²) in [6.07, 6.45) is 0.215. The second kappa shape index (κ2) is 5.73. The van der Waals surface area contributed by atoms with Gasteiger partial charge in [-0.25, -0.2) is 9.78 Å². The van der Waals surface area contributed by atoms with Crippen LogP contribution in [0, 0.1) is 0 Å². The maximum absolute atomic E-state index is 12.3. The largest absolute Gasteiger partial charge is 0.480 e. The number of aliphatic hydroxyl groups is 1. The molecule has 1 aromatic heterocycles. The first-order valence-electron chi connectivity index (χ1n) is 5.54. The number of carbonyl (C=O) groups excluding carboxylic acids is 1. The Kier molecular flexibility index (Phi) is 4.39. The van der Waals surface area contributed by atoms with Crippen LogP contribution in [-0.4, -0.2) is 50.7 Å². The number of pyridine rings is 1. The molecule has 1 aliphatic heterocycles. The zero-order chi connectivity index (χ0) is 15.0. The monoisotopic (exact) mass is 338 g/mol. The molecule has 6 nitrogen and oxygen atoms in total. The Morgan fingerprint density at radius 2 is 1.95 bits per heavy atom. The van der Waals surface area contributed by atoms with Crippen LogP contribution in [0.25, 0.3) is 0 Å². The SMILES string of the molecule is O=C(O)[C@H]1C[C@@H](O)CN1C(=O)c1ncc(Cl)c(Cl)c1Cl. The van der Waals surface area contributed by atoms with E-state index in [2.05, 4.69) is 4.98 Å². The van der Waals surface area contributed by atoms with Crippen LogP contribution in [0.5, 0.6) is 0 Å². The molecule has 2 atom stereocenters. The van der Waals surface area contributed by atoms with Crippen molar-refractivity contribution in [1.82, 2.24) is 9.88 Å². The minimum Gasteiger partial charge on any atom is -0.480 e. The van der Waals surface area contributed by atoms with Crippen molar-refractivity contribution in [2.75, 3.05) is 6.54 Å². The summed E-state index contributed by atoms with van der Waals surface area (Å²) in [5, 5.41) is 18.5. The van der Waals surface area contributed by atoms with E-state index < -0.39 is 24.0 Å². The number of hydrogen-bond donors (Lipinski definition) is 2. The first-order chi connectivity index (χ1) is 9.32. The van der Waals surface area contributed by atoms with Crippen LogP contribution in [0.4, 0.5) is 0 Å². The van der Waals surface area contributed by atoms with Crippen LogP contribution < -0.4 is 0 Å². The van der Waals surface area contributed by atoms with Crippen molar-refractivity contribution >= 4 is 46.7 Å². The average molecular weight is 340 g/mol. The number of β-amino-alcohol motifs (C(OH)–C–C–N with tert-alkyl or cyclic N) is 1. The van der Waals surface area contributed by atoms with Gasteiger partial charge in [-0.2, -0.15) is 0 Å². The van der Waals surface area contributed by atoms with Gasteiger partial charge < -0.3 is 15.1 Å². The van der Waals surface area contributed by atoms with E-state index in [1.165, 1.54) is 0 Å². The molecule has 2 heterocycles. The number of aliphatic hydroxyl groups excluding tert-OH is 1. The fourth-order valence-corrected chi connectivity index (χ4v) is 2.56. The van der Waals surface area contributed by atoms with E-state index in [1.54, 1.807) is 0 Å². The Balaban J connectivity index is 2.36. The van der Waals surface area contributed by atoms with E-state index in [1.807, 2.05) is 0 Å². The number of carbonyl (C=O) groups is 2. The van der Waals surface area contributed by atoms with E-state index in [-0.39, 0.29) is 33.7 Å². The fourth-order valence-electron chi connectivity index (χ4n) is 2.00. The molecule has 0 radical (unpaired) electrons. The van der Waals surface area contributed by atoms with Gasteiger partial charge in [0, 0.05) is 19.2 Å². The number of carboxylic acids is 1. The molecule has 1 fully saturated rings. The lowest BCUT2D eigenvalue weighted by Gasteiger charge is -2.21. The lowest BCUT2D eigenvalue weighted by Crippen LogP contribution is -2.41. The van der Waals surface area contributed by atoms with Crippen LogP contribution in [0.2, 0.25) is 15.1 Å². The van der Waals surface area contributed by atoms with Crippen molar-refractivity contribution in [2.45, 2.75) is 18.6 Å². The standard InChI is InChI=1S/C11H9Cl3N2O4/c12-5-2-15-9(8(14)7(5)13)10(18)16-3-4(17)1-6(16)11(19)20/h2,4,6,17H,1,3H2,(H,19,20)/t4-,6-/m1/s1. The van der Waals surface area contributed by atoms with Gasteiger partial charge in [0.25, 0.3) is 5.91 Å². The van der Waals surface area contributed by atoms with Crippen molar-refractivity contribution < 1.29 is 19.8 Å². The Morgan fingerprint density at radius 1 is 1.30 bits per heavy atom. The van der Waals surface area contributed by atoms with E-state index in [9.17, 15) is 14.7 Å². The molecule has 108 valence electrons. The predicted octanol–water partition coefficient (Wildman–Crippen LogP) is 1.70. The highest BCUT2D eigenvalue weighted by Crippen LogP contribution is 2.32. The summed E-state index contributed by atoms with van der Waals surface area (Å²) in [5.41, 5.74) is -0.193. The number of halogens is 3. The molecule has 1 aliphatic rings. The minimum atomic E-state index is -1.20. The summed E-state index contributed by atoms with van der Waals surface area (Å²) in [4.78, 5) is 28.2. The Hall–Kier alpha value is -1.08. The molecule has 1 aromatic rings. The summed E-state index contributed by atoms with van der Waals surface area (Å²) in [6.45, 7) is -0.103. The highest BCUT2D eigenvalue weighted by atomic mass is 35.5. The number of amides is 1. The molecule has 0 bridgehead atoms. The van der Waals surface area contributed by atoms with E-state index in [0.717, 1.165) is 11.1 Å². The molecule has 0 unspecified atom stereocenters. The van der Waals surface area contributed by atoms with Crippen LogP contribution in [-0.2, 0) is 4.79 Å². The summed E-state index contributed by atoms with van der Waals surface area (Å²) in [6, 6.07) is -1.12. The van der Waals surface area contributed by atoms with Crippen molar-refractivity contribution in [2.24, 2.45) is 0 Å². The molecular weight excluding hydrogens is 330 g/mol. The van der Waals surface area contributed by atoms with Gasteiger partial charge in [0.1, 0.15) is 11.7 Å². The van der Waals surface area contributed by atoms with Crippen molar-refractivity contribution in [1.29, 1.82) is 0 Å². The van der Waals surface area contributed by atoms with Crippen molar-refractivity contribution in [3.63, 3.8) is 0 Å². The smallest absolute Gasteiger partial charge is 0.326 e. The normalized spacial score (nSPS) is 22.1. The molecule has 2 N–H and O–H groups in total. The third-order valence-electron chi connectivity index (χ3n) is 2.94. The highest BCUT2D eigenvalue weighted by Gasteiger charge is 2.40. The van der Waals surface area contributed by atoms with Crippen LogP contribution in [0.1, 0.15) is 16.9 Å². The number of likely N-dealkylation sites (tertiary alicyclic amines) is 1. The first kappa shape index (κ1) is 15.3. The van der Waals surface area contributed by atoms with E-state index in [0.29, 0.717) is 0 Å². The maximum Gasteiger partial charge on any atom is 0.326 e. The zero-order valence-corrected chi connectivity index (χ0v) is 12.2. The second-order valence-electron chi connectivity index (χ2n) is 4.28. The quantitative estimate of drug-likeness (QED) is 0.856. The molecule has 9 heteroatoms. The van der Waals surface area contributed by atoms with Crippen LogP contribution in [0.3, 0.4) is 0 Å². The van der Waals surface area contributed by atoms with Gasteiger partial charge in [-0.05, 0) is 0 Å². The molecule has 0 aromatic carbocycles. The number of aromatic nitrogens is 1. The highest BCUT2D eigenvalue weighted by molar-refractivity contribution is 6.48. The molecule has 1 saturated heterocycles. The summed E-state index contributed by atoms with van der Waals surface area (Å²) < 4.78 is 0. The van der Waals surface area contributed by atoms with Crippen LogP contribution in [0.15, 0.2) is 6.20 Å². The van der Waals surface area contributed by atoms with Gasteiger partial charge in [-0.3, -0.25) is 4.79 Å². The van der Waals surface area contributed by atoms with Crippen LogP contribution >= 0.6 is 34.8 Å². The predicted molar refractivity (Wildman–Crippen MR) is 72.4 cm³/mol. The third-order valence-corrected chi connectivity index (χ3v) is 4.19. The molecule has 20 heavy (non-hydrogen) atoms.